The Kier molecular flexibility index (Phi) is 11.3. The van der Waals surface area contributed by atoms with Gasteiger partial charge in [0, 0.05) is 36.7 Å². The first-order valence-electron chi connectivity index (χ1n) is 14.3. The van der Waals surface area contributed by atoms with Gasteiger partial charge in [0.2, 0.25) is 11.8 Å². The topological polar surface area (TPSA) is 130 Å². The molecule has 4 aromatic rings. The summed E-state index contributed by atoms with van der Waals surface area (Å²) in [5, 5.41) is 14.6. The first kappa shape index (κ1) is 33.2. The van der Waals surface area contributed by atoms with Crippen molar-refractivity contribution >= 4 is 44.8 Å². The summed E-state index contributed by atoms with van der Waals surface area (Å²) in [6.07, 6.45) is 0.834. The van der Waals surface area contributed by atoms with Crippen molar-refractivity contribution in [2.24, 2.45) is 0 Å². The molecular formula is C33H33ClN4O6S. The zero-order valence-electron chi connectivity index (χ0n) is 24.6. The number of rotatable bonds is 14. The molecule has 0 saturated heterocycles. The summed E-state index contributed by atoms with van der Waals surface area (Å²) < 4.78 is 28.9. The van der Waals surface area contributed by atoms with Gasteiger partial charge in [-0.2, -0.15) is 0 Å². The summed E-state index contributed by atoms with van der Waals surface area (Å²) in [6.45, 7) is 1.53. The maximum absolute atomic E-state index is 14.4. The highest BCUT2D eigenvalue weighted by atomic mass is 35.5. The van der Waals surface area contributed by atoms with Crippen LogP contribution in [0.25, 0.3) is 0 Å². The van der Waals surface area contributed by atoms with E-state index in [0.29, 0.717) is 23.6 Å². The fourth-order valence-corrected chi connectivity index (χ4v) is 6.35. The van der Waals surface area contributed by atoms with Crippen molar-refractivity contribution in [3.63, 3.8) is 0 Å². The molecule has 0 spiro atoms. The van der Waals surface area contributed by atoms with Crippen molar-refractivity contribution < 1.29 is 22.9 Å². The quantitative estimate of drug-likeness (QED) is 0.140. The number of hydrogen-bond acceptors (Lipinski definition) is 6. The number of carbonyl (C=O) groups is 2. The van der Waals surface area contributed by atoms with E-state index in [1.54, 1.807) is 42.5 Å². The summed E-state index contributed by atoms with van der Waals surface area (Å²) in [5.74, 6) is -1.06. The van der Waals surface area contributed by atoms with Gasteiger partial charge in [-0.3, -0.25) is 24.0 Å². The highest BCUT2D eigenvalue weighted by Crippen LogP contribution is 2.27. The second-order valence-electron chi connectivity index (χ2n) is 10.2. The summed E-state index contributed by atoms with van der Waals surface area (Å²) in [6, 6.07) is 27.6. The third kappa shape index (κ3) is 8.46. The molecule has 0 saturated carbocycles. The summed E-state index contributed by atoms with van der Waals surface area (Å²) in [7, 11) is -4.33. The van der Waals surface area contributed by atoms with Crippen LogP contribution >= 0.6 is 11.6 Å². The predicted octanol–water partition coefficient (Wildman–Crippen LogP) is 5.61. The number of non-ortho nitro benzene ring substituents is 1. The van der Waals surface area contributed by atoms with Crippen molar-refractivity contribution in [3.05, 3.63) is 135 Å². The minimum Gasteiger partial charge on any atom is -0.354 e. The minimum absolute atomic E-state index is 0.0468. The fraction of sp³-hybridized carbons (Fsp3) is 0.212. The lowest BCUT2D eigenvalue weighted by Crippen LogP contribution is -2.53. The zero-order valence-corrected chi connectivity index (χ0v) is 26.2. The molecule has 2 amide bonds. The Labute approximate surface area is 267 Å². The highest BCUT2D eigenvalue weighted by molar-refractivity contribution is 7.92. The van der Waals surface area contributed by atoms with E-state index in [2.05, 4.69) is 5.32 Å². The molecule has 1 N–H and O–H groups in total. The molecule has 0 aromatic heterocycles. The zero-order chi connectivity index (χ0) is 32.4. The molecule has 0 heterocycles. The summed E-state index contributed by atoms with van der Waals surface area (Å²) >= 11 is 6.50. The van der Waals surface area contributed by atoms with Gasteiger partial charge in [-0.1, -0.05) is 85.3 Å². The van der Waals surface area contributed by atoms with Crippen molar-refractivity contribution in [1.82, 2.24) is 10.2 Å². The van der Waals surface area contributed by atoms with Crippen LogP contribution in [-0.2, 0) is 32.6 Å². The number of benzene rings is 4. The van der Waals surface area contributed by atoms with Gasteiger partial charge in [-0.15, -0.1) is 0 Å². The molecule has 1 atom stereocenters. The fourth-order valence-electron chi connectivity index (χ4n) is 4.72. The van der Waals surface area contributed by atoms with E-state index in [0.717, 1.165) is 9.87 Å². The van der Waals surface area contributed by atoms with E-state index in [1.807, 2.05) is 37.3 Å². The van der Waals surface area contributed by atoms with Gasteiger partial charge in [-0.25, -0.2) is 8.42 Å². The lowest BCUT2D eigenvalue weighted by molar-refractivity contribution is -0.384. The molecule has 0 fully saturated rings. The van der Waals surface area contributed by atoms with Crippen molar-refractivity contribution in [3.8, 4) is 0 Å². The van der Waals surface area contributed by atoms with Gasteiger partial charge in [0.05, 0.1) is 15.5 Å². The Morgan fingerprint density at radius 1 is 0.889 bits per heavy atom. The second kappa shape index (κ2) is 15.3. The van der Waals surface area contributed by atoms with Crippen LogP contribution in [0.4, 0.5) is 11.4 Å². The van der Waals surface area contributed by atoms with Gasteiger partial charge < -0.3 is 10.2 Å². The van der Waals surface area contributed by atoms with Gasteiger partial charge in [-0.05, 0) is 47.9 Å². The summed E-state index contributed by atoms with van der Waals surface area (Å²) in [5.41, 5.74) is 1.18. The molecule has 0 aliphatic rings. The third-order valence-corrected chi connectivity index (χ3v) is 9.23. The maximum atomic E-state index is 14.4. The smallest absolute Gasteiger partial charge is 0.269 e. The van der Waals surface area contributed by atoms with E-state index >= 15 is 0 Å². The van der Waals surface area contributed by atoms with Gasteiger partial charge in [0.25, 0.3) is 15.7 Å². The number of nitrogens with one attached hydrogen (secondary N) is 1. The molecule has 45 heavy (non-hydrogen) atoms. The van der Waals surface area contributed by atoms with Crippen LogP contribution in [0.1, 0.15) is 24.5 Å². The minimum atomic E-state index is -4.33. The number of sulfonamides is 1. The van der Waals surface area contributed by atoms with Gasteiger partial charge >= 0.3 is 0 Å². The monoisotopic (exact) mass is 648 g/mol. The Balaban J connectivity index is 1.81. The lowest BCUT2D eigenvalue weighted by Gasteiger charge is -2.34. The maximum Gasteiger partial charge on any atom is 0.269 e. The Morgan fingerprint density at radius 2 is 1.49 bits per heavy atom. The molecule has 234 valence electrons. The second-order valence-corrected chi connectivity index (χ2v) is 12.5. The van der Waals surface area contributed by atoms with Crippen LogP contribution in [-0.4, -0.2) is 49.2 Å². The normalized spacial score (nSPS) is 11.8. The van der Waals surface area contributed by atoms with Crippen LogP contribution in [0, 0.1) is 10.1 Å². The highest BCUT2D eigenvalue weighted by Gasteiger charge is 2.35. The largest absolute Gasteiger partial charge is 0.354 e. The van der Waals surface area contributed by atoms with E-state index in [-0.39, 0.29) is 29.2 Å². The predicted molar refractivity (Wildman–Crippen MR) is 173 cm³/mol. The van der Waals surface area contributed by atoms with Gasteiger partial charge in [0.1, 0.15) is 12.6 Å². The number of halogens is 1. The first-order valence-corrected chi connectivity index (χ1v) is 16.1. The molecule has 0 radical (unpaired) electrons. The SMILES string of the molecule is CCCNC(=O)[C@H](Cc1ccccc1)N(Cc1ccccc1Cl)C(=O)CN(c1ccc([N+](=O)[O-])cc1)S(=O)(=O)c1ccccc1. The summed E-state index contributed by atoms with van der Waals surface area (Å²) in [4.78, 5) is 40.0. The molecule has 0 unspecified atom stereocenters. The molecule has 0 bridgehead atoms. The molecular weight excluding hydrogens is 616 g/mol. The molecule has 4 aromatic carbocycles. The third-order valence-electron chi connectivity index (χ3n) is 7.08. The first-order chi connectivity index (χ1) is 21.6. The average Bonchev–Trinajstić information content (AvgIpc) is 3.05. The Bertz CT molecular complexity index is 1720. The number of nitro groups is 1. The molecule has 0 aliphatic carbocycles. The molecule has 12 heteroatoms. The van der Waals surface area contributed by atoms with Crippen LogP contribution in [0.15, 0.2) is 114 Å². The average molecular weight is 649 g/mol. The van der Waals surface area contributed by atoms with Crippen LogP contribution in [0.5, 0.6) is 0 Å². The molecule has 10 nitrogen and oxygen atoms in total. The van der Waals surface area contributed by atoms with E-state index in [9.17, 15) is 28.1 Å². The van der Waals surface area contributed by atoms with E-state index in [1.165, 1.54) is 41.3 Å². The molecule has 4 rings (SSSR count). The van der Waals surface area contributed by atoms with E-state index in [4.69, 9.17) is 11.6 Å². The van der Waals surface area contributed by atoms with Crippen LogP contribution in [0.2, 0.25) is 5.02 Å². The molecule has 0 aliphatic heterocycles. The van der Waals surface area contributed by atoms with Crippen LogP contribution in [0.3, 0.4) is 0 Å². The van der Waals surface area contributed by atoms with Crippen molar-refractivity contribution in [2.45, 2.75) is 37.2 Å². The lowest BCUT2D eigenvalue weighted by atomic mass is 10.0. The number of hydrogen-bond donors (Lipinski definition) is 1. The van der Waals surface area contributed by atoms with Gasteiger partial charge in [0.15, 0.2) is 0 Å². The van der Waals surface area contributed by atoms with E-state index < -0.39 is 39.3 Å². The number of anilines is 1. The van der Waals surface area contributed by atoms with Crippen molar-refractivity contribution in [2.75, 3.05) is 17.4 Å². The number of nitrogens with zero attached hydrogens (tertiary/aromatic N) is 3. The number of nitro benzene ring substituents is 1. The van der Waals surface area contributed by atoms with Crippen molar-refractivity contribution in [1.29, 1.82) is 0 Å². The van der Waals surface area contributed by atoms with Crippen LogP contribution < -0.4 is 9.62 Å². The number of carbonyl (C=O) groups excluding carboxylic acids is 2. The Hall–Kier alpha value is -4.74. The standard InChI is InChI=1S/C33H33ClN4O6S/c1-2-21-35-33(40)31(22-25-11-5-3-6-12-25)36(23-26-13-9-10-16-30(26)34)32(39)24-37(27-17-19-28(20-18-27)38(41)42)45(43,44)29-14-7-4-8-15-29/h3-20,31H,2,21-24H2,1H3,(H,35,40)/t31-/m0/s1. The Morgan fingerprint density at radius 3 is 2.09 bits per heavy atom. The number of amides is 2.